The molecule has 122 valence electrons. The molecule has 0 aromatic carbocycles. The van der Waals surface area contributed by atoms with Gasteiger partial charge in [-0.25, -0.2) is 0 Å². The van der Waals surface area contributed by atoms with E-state index in [-0.39, 0.29) is 18.1 Å². The normalized spacial score (nSPS) is 27.0. The van der Waals surface area contributed by atoms with Gasteiger partial charge in [0.1, 0.15) is 17.4 Å². The van der Waals surface area contributed by atoms with Crippen LogP contribution in [0.25, 0.3) is 0 Å². The Morgan fingerprint density at radius 1 is 1.52 bits per heavy atom. The fourth-order valence-electron chi connectivity index (χ4n) is 3.28. The van der Waals surface area contributed by atoms with Gasteiger partial charge < -0.3 is 19.4 Å². The lowest BCUT2D eigenvalue weighted by molar-refractivity contribution is -0.132. The Bertz CT molecular complexity index is 646. The van der Waals surface area contributed by atoms with E-state index in [2.05, 4.69) is 20.4 Å². The van der Waals surface area contributed by atoms with Gasteiger partial charge in [-0.15, -0.1) is 10.2 Å². The van der Waals surface area contributed by atoms with Crippen molar-refractivity contribution in [3.05, 3.63) is 29.7 Å². The highest BCUT2D eigenvalue weighted by atomic mass is 32.1. The molecule has 0 aliphatic carbocycles. The van der Waals surface area contributed by atoms with Crippen molar-refractivity contribution in [2.24, 2.45) is 5.92 Å². The molecular weight excluding hydrogens is 316 g/mol. The Hall–Kier alpha value is -1.93. The number of aromatic nitrogens is 2. The topological polar surface area (TPSA) is 80.5 Å². The number of rotatable bonds is 4. The molecule has 0 unspecified atom stereocenters. The third-order valence-electron chi connectivity index (χ3n) is 4.48. The van der Waals surface area contributed by atoms with E-state index in [1.165, 1.54) is 11.3 Å². The fourth-order valence-corrected chi connectivity index (χ4v) is 3.88. The molecule has 23 heavy (non-hydrogen) atoms. The largest absolute Gasteiger partial charge is 0.467 e. The molecule has 2 aliphatic heterocycles. The quantitative estimate of drug-likeness (QED) is 0.911. The molecule has 0 bridgehead atoms. The summed E-state index contributed by atoms with van der Waals surface area (Å²) in [5, 5.41) is 11.8. The van der Waals surface area contributed by atoms with Gasteiger partial charge in [-0.3, -0.25) is 4.79 Å². The predicted octanol–water partition coefficient (Wildman–Crippen LogP) is 1.43. The summed E-state index contributed by atoms with van der Waals surface area (Å²) in [5.41, 5.74) is 1.74. The van der Waals surface area contributed by atoms with Crippen molar-refractivity contribution in [3.8, 4) is 0 Å². The Labute approximate surface area is 137 Å². The molecule has 2 fully saturated rings. The zero-order chi connectivity index (χ0) is 15.6. The van der Waals surface area contributed by atoms with E-state index in [0.717, 1.165) is 36.8 Å². The fraction of sp³-hybridized carbons (Fsp3) is 0.533. The Balaban J connectivity index is 1.32. The van der Waals surface area contributed by atoms with Gasteiger partial charge in [0.2, 0.25) is 11.0 Å². The van der Waals surface area contributed by atoms with Crippen LogP contribution in [0.4, 0.5) is 5.13 Å². The predicted molar refractivity (Wildman–Crippen MR) is 84.1 cm³/mol. The summed E-state index contributed by atoms with van der Waals surface area (Å²) in [5.74, 6) is 1.13. The molecule has 0 saturated carbocycles. The maximum absolute atomic E-state index is 12.3. The molecule has 4 heterocycles. The van der Waals surface area contributed by atoms with E-state index in [1.807, 2.05) is 12.1 Å². The lowest BCUT2D eigenvalue weighted by atomic mass is 9.92. The first kappa shape index (κ1) is 14.6. The van der Waals surface area contributed by atoms with Crippen molar-refractivity contribution in [2.45, 2.75) is 31.6 Å². The third-order valence-corrected chi connectivity index (χ3v) is 5.23. The molecule has 2 aromatic rings. The van der Waals surface area contributed by atoms with Crippen LogP contribution in [-0.2, 0) is 16.1 Å². The van der Waals surface area contributed by atoms with Crippen LogP contribution in [0.2, 0.25) is 0 Å². The van der Waals surface area contributed by atoms with Gasteiger partial charge in [0.25, 0.3) is 0 Å². The maximum atomic E-state index is 12.3. The van der Waals surface area contributed by atoms with Gasteiger partial charge in [0.05, 0.1) is 18.9 Å². The first-order chi connectivity index (χ1) is 11.3. The minimum Gasteiger partial charge on any atom is -0.467 e. The van der Waals surface area contributed by atoms with E-state index in [0.29, 0.717) is 12.5 Å². The Morgan fingerprint density at radius 2 is 2.48 bits per heavy atom. The summed E-state index contributed by atoms with van der Waals surface area (Å²) in [6.45, 7) is 2.13. The summed E-state index contributed by atoms with van der Waals surface area (Å²) in [4.78, 5) is 14.5. The highest BCUT2D eigenvalue weighted by molar-refractivity contribution is 7.13. The molecule has 0 radical (unpaired) electrons. The SMILES string of the molecule is O=C(NCc1ccco1)[C@H]1C[C@@H]2CCN(c3nncs3)C[C@H]2O1. The number of piperidine rings is 1. The highest BCUT2D eigenvalue weighted by Gasteiger charge is 2.42. The average Bonchev–Trinajstić information content (AvgIpc) is 3.32. The number of hydrogen-bond acceptors (Lipinski definition) is 7. The summed E-state index contributed by atoms with van der Waals surface area (Å²) >= 11 is 1.54. The lowest BCUT2D eigenvalue weighted by Gasteiger charge is -2.33. The number of ether oxygens (including phenoxy) is 1. The van der Waals surface area contributed by atoms with Gasteiger partial charge >= 0.3 is 0 Å². The summed E-state index contributed by atoms with van der Waals surface area (Å²) in [6, 6.07) is 3.65. The van der Waals surface area contributed by atoms with E-state index in [4.69, 9.17) is 9.15 Å². The van der Waals surface area contributed by atoms with Crippen molar-refractivity contribution in [2.75, 3.05) is 18.0 Å². The molecule has 1 amide bonds. The molecule has 4 rings (SSSR count). The van der Waals surface area contributed by atoms with Gasteiger partial charge in [-0.1, -0.05) is 11.3 Å². The molecule has 2 saturated heterocycles. The summed E-state index contributed by atoms with van der Waals surface area (Å²) < 4.78 is 11.2. The van der Waals surface area contributed by atoms with Gasteiger partial charge in [0, 0.05) is 13.1 Å². The average molecular weight is 334 g/mol. The van der Waals surface area contributed by atoms with Gasteiger partial charge in [-0.2, -0.15) is 0 Å². The number of carbonyl (C=O) groups excluding carboxylic acids is 1. The van der Waals surface area contributed by atoms with Crippen LogP contribution >= 0.6 is 11.3 Å². The van der Waals surface area contributed by atoms with E-state index < -0.39 is 0 Å². The molecule has 3 atom stereocenters. The standard InChI is InChI=1S/C15H18N4O3S/c20-14(16-7-11-2-1-5-21-11)12-6-10-3-4-19(8-13(10)22-12)15-18-17-9-23-15/h1-2,5,9-10,12-13H,3-4,6-8H2,(H,16,20)/t10-,12+,13+/m0/s1. The van der Waals surface area contributed by atoms with E-state index >= 15 is 0 Å². The number of hydrogen-bond donors (Lipinski definition) is 1. The highest BCUT2D eigenvalue weighted by Crippen LogP contribution is 2.35. The number of nitrogens with zero attached hydrogens (tertiary/aromatic N) is 3. The molecule has 2 aromatic heterocycles. The van der Waals surface area contributed by atoms with Crippen LogP contribution in [0.5, 0.6) is 0 Å². The smallest absolute Gasteiger partial charge is 0.249 e. The Kier molecular flexibility index (Phi) is 4.00. The van der Waals surface area contributed by atoms with Crippen LogP contribution in [-0.4, -0.2) is 41.4 Å². The number of fused-ring (bicyclic) bond motifs is 1. The minimum atomic E-state index is -0.366. The van der Waals surface area contributed by atoms with Crippen molar-refractivity contribution < 1.29 is 13.9 Å². The van der Waals surface area contributed by atoms with Crippen molar-refractivity contribution in [1.29, 1.82) is 0 Å². The molecule has 2 aliphatic rings. The molecular formula is C15H18N4O3S. The molecule has 7 nitrogen and oxygen atoms in total. The lowest BCUT2D eigenvalue weighted by Crippen LogP contribution is -2.42. The number of carbonyl (C=O) groups is 1. The van der Waals surface area contributed by atoms with Crippen LogP contribution in [0.15, 0.2) is 28.3 Å². The van der Waals surface area contributed by atoms with E-state index in [9.17, 15) is 4.79 Å². The second kappa shape index (κ2) is 6.29. The first-order valence-corrected chi connectivity index (χ1v) is 8.64. The maximum Gasteiger partial charge on any atom is 0.249 e. The second-order valence-corrected chi connectivity index (χ2v) is 6.72. The van der Waals surface area contributed by atoms with Crippen LogP contribution in [0, 0.1) is 5.92 Å². The van der Waals surface area contributed by atoms with Crippen molar-refractivity contribution >= 4 is 22.4 Å². The van der Waals surface area contributed by atoms with Gasteiger partial charge in [-0.05, 0) is 30.9 Å². The van der Waals surface area contributed by atoms with Crippen molar-refractivity contribution in [3.63, 3.8) is 0 Å². The molecule has 1 N–H and O–H groups in total. The zero-order valence-corrected chi connectivity index (χ0v) is 13.4. The van der Waals surface area contributed by atoms with Gasteiger partial charge in [0.15, 0.2) is 0 Å². The minimum absolute atomic E-state index is 0.0572. The van der Waals surface area contributed by atoms with Crippen LogP contribution in [0.3, 0.4) is 0 Å². The third kappa shape index (κ3) is 3.09. The number of nitrogens with one attached hydrogen (secondary N) is 1. The number of amides is 1. The zero-order valence-electron chi connectivity index (χ0n) is 12.6. The summed E-state index contributed by atoms with van der Waals surface area (Å²) in [6.07, 6.45) is 3.14. The van der Waals surface area contributed by atoms with E-state index in [1.54, 1.807) is 11.8 Å². The Morgan fingerprint density at radius 3 is 3.26 bits per heavy atom. The van der Waals surface area contributed by atoms with Crippen LogP contribution < -0.4 is 10.2 Å². The van der Waals surface area contributed by atoms with Crippen molar-refractivity contribution in [1.82, 2.24) is 15.5 Å². The number of anilines is 1. The first-order valence-electron chi connectivity index (χ1n) is 7.76. The monoisotopic (exact) mass is 334 g/mol. The van der Waals surface area contributed by atoms with Crippen LogP contribution in [0.1, 0.15) is 18.6 Å². The molecule has 0 spiro atoms. The second-order valence-electron chi connectivity index (χ2n) is 5.91. The molecule has 8 heteroatoms. The number of furan rings is 1. The summed E-state index contributed by atoms with van der Waals surface area (Å²) in [7, 11) is 0.